The smallest absolute Gasteiger partial charge is 0.251 e. The number of aryl methyl sites for hydroxylation is 1. The maximum atomic E-state index is 11.9. The number of nitrogens with zero attached hydrogens (tertiary/aromatic N) is 1. The van der Waals surface area contributed by atoms with Gasteiger partial charge < -0.3 is 4.57 Å². The highest BCUT2D eigenvalue weighted by molar-refractivity contribution is 5.74. The molecule has 0 saturated heterocycles. The Bertz CT molecular complexity index is 469. The molecule has 0 saturated carbocycles. The number of hydrogen-bond acceptors (Lipinski definition) is 2. The number of aromatic nitrogens is 1. The van der Waals surface area contributed by atoms with Crippen LogP contribution in [0.4, 0.5) is 0 Å². The van der Waals surface area contributed by atoms with Gasteiger partial charge in [-0.3, -0.25) is 9.59 Å². The lowest BCUT2D eigenvalue weighted by Gasteiger charge is -2.26. The molecule has 3 heteroatoms. The zero-order valence-corrected chi connectivity index (χ0v) is 9.63. The number of aldehydes is 1. The Kier molecular flexibility index (Phi) is 2.71. The van der Waals surface area contributed by atoms with E-state index in [-0.39, 0.29) is 16.7 Å². The van der Waals surface area contributed by atoms with Crippen LogP contribution in [0.15, 0.2) is 16.9 Å². The summed E-state index contributed by atoms with van der Waals surface area (Å²) in [6.45, 7) is 7.75. The van der Waals surface area contributed by atoms with Crippen LogP contribution in [0.25, 0.3) is 0 Å². The fraction of sp³-hybridized carbons (Fsp3) is 0.500. The molecule has 15 heavy (non-hydrogen) atoms. The van der Waals surface area contributed by atoms with Crippen molar-refractivity contribution in [3.8, 4) is 0 Å². The van der Waals surface area contributed by atoms with Gasteiger partial charge in [0.1, 0.15) is 7.63 Å². The average molecular weight is 208 g/mol. The quantitative estimate of drug-likeness (QED) is 0.697. The van der Waals surface area contributed by atoms with Gasteiger partial charge in [-0.2, -0.15) is 0 Å². The molecule has 0 atom stereocenters. The lowest BCUT2D eigenvalue weighted by Crippen LogP contribution is -2.36. The van der Waals surface area contributed by atoms with E-state index in [4.69, 9.17) is 1.37 Å². The molecule has 3 nitrogen and oxygen atoms in total. The molecule has 0 aliphatic carbocycles. The molecule has 0 unspecified atom stereocenters. The van der Waals surface area contributed by atoms with Crippen molar-refractivity contribution in [2.24, 2.45) is 0 Å². The van der Waals surface area contributed by atoms with Crippen LogP contribution in [0, 0.1) is 0 Å². The van der Waals surface area contributed by atoms with Crippen LogP contribution in [0.2, 0.25) is 0 Å². The normalized spacial score (nSPS) is 12.4. The second-order valence-electron chi connectivity index (χ2n) is 4.54. The highest BCUT2D eigenvalue weighted by atomic mass is 16.1. The molecule has 0 bridgehead atoms. The van der Waals surface area contributed by atoms with E-state index in [0.29, 0.717) is 6.42 Å². The van der Waals surface area contributed by atoms with E-state index < -0.39 is 6.26 Å². The summed E-state index contributed by atoms with van der Waals surface area (Å²) in [5.41, 5.74) is 0.423. The molecule has 0 amide bonds. The highest BCUT2D eigenvalue weighted by Gasteiger charge is 2.17. The molecule has 0 spiro atoms. The minimum absolute atomic E-state index is 0.169. The molecule has 82 valence electrons. The Balaban J connectivity index is 3.53. The van der Waals surface area contributed by atoms with E-state index in [1.54, 1.807) is 10.6 Å². The maximum Gasteiger partial charge on any atom is 0.251 e. The van der Waals surface area contributed by atoms with Crippen molar-refractivity contribution in [1.29, 1.82) is 0 Å². The van der Waals surface area contributed by atoms with Gasteiger partial charge in [-0.1, -0.05) is 6.92 Å². The Morgan fingerprint density at radius 2 is 2.07 bits per heavy atom. The standard InChI is InChI=1S/C12H17NO2/c1-5-10-6-9(8-14)7-11(15)13(10)12(2,3)4/h6-8H,5H2,1-4H3/i8D. The third-order valence-electron chi connectivity index (χ3n) is 2.26. The number of carbonyl (C=O) groups excluding carboxylic acids is 1. The third kappa shape index (κ3) is 2.35. The molecule has 0 radical (unpaired) electrons. The van der Waals surface area contributed by atoms with Crippen molar-refractivity contribution < 1.29 is 6.17 Å². The van der Waals surface area contributed by atoms with Gasteiger partial charge in [0.2, 0.25) is 0 Å². The van der Waals surface area contributed by atoms with E-state index in [9.17, 15) is 9.59 Å². The Morgan fingerprint density at radius 3 is 2.47 bits per heavy atom. The fourth-order valence-electron chi connectivity index (χ4n) is 1.71. The predicted octanol–water partition coefficient (Wildman–Crippen LogP) is 1.98. The molecule has 1 rings (SSSR count). The summed E-state index contributed by atoms with van der Waals surface area (Å²) in [7, 11) is 0. The van der Waals surface area contributed by atoms with Crippen molar-refractivity contribution >= 4 is 6.26 Å². The molecule has 0 N–H and O–H groups in total. The summed E-state index contributed by atoms with van der Waals surface area (Å²) >= 11 is 0. The predicted molar refractivity (Wildman–Crippen MR) is 60.5 cm³/mol. The van der Waals surface area contributed by atoms with Gasteiger partial charge in [0, 0.05) is 22.9 Å². The largest absolute Gasteiger partial charge is 0.307 e. The first kappa shape index (κ1) is 10.1. The van der Waals surface area contributed by atoms with E-state index in [0.717, 1.165) is 5.69 Å². The average Bonchev–Trinajstić information content (AvgIpc) is 2.14. The van der Waals surface area contributed by atoms with Crippen molar-refractivity contribution in [1.82, 2.24) is 4.57 Å². The molecule has 0 aromatic carbocycles. The zero-order chi connectivity index (χ0) is 12.5. The van der Waals surface area contributed by atoms with Crippen LogP contribution in [0.3, 0.4) is 0 Å². The van der Waals surface area contributed by atoms with Crippen molar-refractivity contribution in [2.45, 2.75) is 39.7 Å². The Hall–Kier alpha value is -1.38. The van der Waals surface area contributed by atoms with Gasteiger partial charge in [-0.05, 0) is 33.3 Å². The fourth-order valence-corrected chi connectivity index (χ4v) is 1.71. The molecule has 1 aromatic heterocycles. The molecule has 1 heterocycles. The van der Waals surface area contributed by atoms with Gasteiger partial charge >= 0.3 is 0 Å². The Labute approximate surface area is 91.1 Å². The summed E-state index contributed by atoms with van der Waals surface area (Å²) in [5.74, 6) is 0. The van der Waals surface area contributed by atoms with Crippen molar-refractivity contribution in [3.63, 3.8) is 0 Å². The lowest BCUT2D eigenvalue weighted by molar-refractivity contribution is 0.112. The maximum absolute atomic E-state index is 11.9. The van der Waals surface area contributed by atoms with Crippen LogP contribution in [-0.2, 0) is 12.0 Å². The lowest BCUT2D eigenvalue weighted by atomic mass is 10.1. The monoisotopic (exact) mass is 208 g/mol. The molecule has 0 aliphatic heterocycles. The second-order valence-corrected chi connectivity index (χ2v) is 4.54. The second kappa shape index (κ2) is 4.01. The van der Waals surface area contributed by atoms with Gasteiger partial charge in [0.15, 0.2) is 0 Å². The van der Waals surface area contributed by atoms with E-state index in [1.165, 1.54) is 6.07 Å². The van der Waals surface area contributed by atoms with Gasteiger partial charge in [-0.25, -0.2) is 0 Å². The molecule has 0 aliphatic rings. The van der Waals surface area contributed by atoms with Crippen LogP contribution < -0.4 is 5.56 Å². The topological polar surface area (TPSA) is 39.1 Å². The van der Waals surface area contributed by atoms with Gasteiger partial charge in [0.25, 0.3) is 5.56 Å². The van der Waals surface area contributed by atoms with Crippen LogP contribution in [-0.4, -0.2) is 10.8 Å². The van der Waals surface area contributed by atoms with Crippen molar-refractivity contribution in [2.75, 3.05) is 0 Å². The summed E-state index contributed by atoms with van der Waals surface area (Å²) in [4.78, 5) is 22.8. The summed E-state index contributed by atoms with van der Waals surface area (Å²) in [6, 6.07) is 2.86. The molecular weight excluding hydrogens is 190 g/mol. The molecule has 1 aromatic rings. The first-order valence-electron chi connectivity index (χ1n) is 5.54. The Morgan fingerprint density at radius 1 is 1.47 bits per heavy atom. The summed E-state index contributed by atoms with van der Waals surface area (Å²) < 4.78 is 8.69. The summed E-state index contributed by atoms with van der Waals surface area (Å²) in [6.07, 6.45) is -0.152. The molecule has 0 fully saturated rings. The van der Waals surface area contributed by atoms with E-state index >= 15 is 0 Å². The number of hydrogen-bond donors (Lipinski definition) is 0. The van der Waals surface area contributed by atoms with Crippen LogP contribution in [0.1, 0.15) is 45.1 Å². The van der Waals surface area contributed by atoms with Gasteiger partial charge in [0.05, 0.1) is 0 Å². The minimum Gasteiger partial charge on any atom is -0.307 e. The minimum atomic E-state index is -0.812. The highest BCUT2D eigenvalue weighted by Crippen LogP contribution is 2.15. The summed E-state index contributed by atoms with van der Waals surface area (Å²) in [5, 5.41) is 0. The SMILES string of the molecule is [2H]C(=O)c1cc(CC)n(C(C)(C)C)c(=O)c1. The number of carbonyl (C=O) groups is 1. The van der Waals surface area contributed by atoms with E-state index in [2.05, 4.69) is 0 Å². The van der Waals surface area contributed by atoms with Crippen molar-refractivity contribution in [3.05, 3.63) is 33.7 Å². The van der Waals surface area contributed by atoms with Crippen LogP contribution >= 0.6 is 0 Å². The molecular formula is C12H17NO2. The van der Waals surface area contributed by atoms with E-state index in [1.807, 2.05) is 27.7 Å². The first-order valence-corrected chi connectivity index (χ1v) is 5.04. The third-order valence-corrected chi connectivity index (χ3v) is 2.26. The first-order chi connectivity index (χ1) is 7.27. The number of pyridine rings is 1. The zero-order valence-electron chi connectivity index (χ0n) is 10.6. The van der Waals surface area contributed by atoms with Gasteiger partial charge in [-0.15, -0.1) is 0 Å². The van der Waals surface area contributed by atoms with Crippen LogP contribution in [0.5, 0.6) is 0 Å². The number of rotatable bonds is 2.